The number of fused-ring (bicyclic) bond motifs is 6. The summed E-state index contributed by atoms with van der Waals surface area (Å²) in [5.74, 6) is 0. The van der Waals surface area contributed by atoms with E-state index >= 15 is 0 Å². The molecule has 41 heavy (non-hydrogen) atoms. The second-order valence-corrected chi connectivity index (χ2v) is 9.83. The van der Waals surface area contributed by atoms with Crippen molar-refractivity contribution in [3.05, 3.63) is 0 Å². The average Bonchev–Trinajstić information content (AvgIpc) is 3.00. The van der Waals surface area contributed by atoms with Crippen molar-refractivity contribution in [2.75, 3.05) is 184 Å². The second kappa shape index (κ2) is 29.5. The van der Waals surface area contributed by atoms with Gasteiger partial charge in [0.1, 0.15) is 0 Å². The lowest BCUT2D eigenvalue weighted by Gasteiger charge is -2.23. The van der Waals surface area contributed by atoms with Crippen LogP contribution < -0.4 is 16.0 Å². The molecule has 2 bridgehead atoms. The molecule has 0 unspecified atom stereocenters. The summed E-state index contributed by atoms with van der Waals surface area (Å²) in [5.41, 5.74) is 0. The predicted molar refractivity (Wildman–Crippen MR) is 158 cm³/mol. The first-order valence-corrected chi connectivity index (χ1v) is 15.6. The van der Waals surface area contributed by atoms with Gasteiger partial charge in [-0.1, -0.05) is 0 Å². The zero-order valence-corrected chi connectivity index (χ0v) is 25.5. The summed E-state index contributed by atoms with van der Waals surface area (Å²) in [5, 5.41) is 10.1. The first-order valence-electron chi connectivity index (χ1n) is 15.6. The lowest BCUT2D eigenvalue weighted by atomic mass is 10.4. The minimum Gasteiger partial charge on any atom is -0.378 e. The van der Waals surface area contributed by atoms with Gasteiger partial charge in [-0.05, 0) is 0 Å². The maximum absolute atomic E-state index is 5.67. The minimum absolute atomic E-state index is 0.614. The smallest absolute Gasteiger partial charge is 0.0701 e. The molecule has 3 N–H and O–H groups in total. The van der Waals surface area contributed by atoms with Crippen molar-refractivity contribution in [1.29, 1.82) is 0 Å². The summed E-state index contributed by atoms with van der Waals surface area (Å²) < 4.78 is 44.2. The van der Waals surface area contributed by atoms with E-state index in [4.69, 9.17) is 37.9 Å². The summed E-state index contributed by atoms with van der Waals surface area (Å²) >= 11 is 0. The van der Waals surface area contributed by atoms with Crippen molar-refractivity contribution in [2.45, 2.75) is 0 Å². The Morgan fingerprint density at radius 2 is 0.512 bits per heavy atom. The molecule has 0 atom stereocenters. The number of ether oxygens (including phenoxy) is 8. The van der Waals surface area contributed by atoms with Crippen molar-refractivity contribution in [1.82, 2.24) is 25.8 Å². The number of nitrogens with one attached hydrogen (secondary N) is 3. The maximum atomic E-state index is 5.67. The summed E-state index contributed by atoms with van der Waals surface area (Å²) in [7, 11) is 0. The van der Waals surface area contributed by atoms with Crippen molar-refractivity contribution in [3.8, 4) is 0 Å². The van der Waals surface area contributed by atoms with Crippen LogP contribution in [-0.2, 0) is 37.9 Å². The largest absolute Gasteiger partial charge is 0.378 e. The normalized spacial score (nSPS) is 28.1. The van der Waals surface area contributed by atoms with Gasteiger partial charge in [0, 0.05) is 78.5 Å². The van der Waals surface area contributed by atoms with Crippen molar-refractivity contribution in [2.24, 2.45) is 0 Å². The van der Waals surface area contributed by atoms with E-state index in [-0.39, 0.29) is 0 Å². The fourth-order valence-electron chi connectivity index (χ4n) is 4.17. The lowest BCUT2D eigenvalue weighted by molar-refractivity contribution is -0.00142. The highest BCUT2D eigenvalue weighted by molar-refractivity contribution is 4.64. The Balaban J connectivity index is 0.000000296. The van der Waals surface area contributed by atoms with E-state index in [0.29, 0.717) is 66.1 Å². The summed E-state index contributed by atoms with van der Waals surface area (Å²) in [6, 6.07) is 0. The zero-order chi connectivity index (χ0) is 28.7. The van der Waals surface area contributed by atoms with Crippen LogP contribution in [0.5, 0.6) is 0 Å². The van der Waals surface area contributed by atoms with Crippen LogP contribution in [0.1, 0.15) is 0 Å². The Morgan fingerprint density at radius 1 is 0.244 bits per heavy atom. The van der Waals surface area contributed by atoms with Gasteiger partial charge in [0.2, 0.25) is 0 Å². The molecule has 0 aromatic carbocycles. The molecule has 0 aromatic rings. The first kappa shape index (κ1) is 36.7. The number of hydrogen-bond donors (Lipinski definition) is 3. The molecule has 3 heterocycles. The molecule has 13 nitrogen and oxygen atoms in total. The van der Waals surface area contributed by atoms with Crippen molar-refractivity contribution in [3.63, 3.8) is 0 Å². The van der Waals surface area contributed by atoms with Crippen LogP contribution in [0.4, 0.5) is 0 Å². The third-order valence-corrected chi connectivity index (χ3v) is 6.60. The molecule has 3 rings (SSSR count). The van der Waals surface area contributed by atoms with Crippen LogP contribution in [-0.4, -0.2) is 194 Å². The van der Waals surface area contributed by atoms with Gasteiger partial charge in [-0.2, -0.15) is 0 Å². The highest BCUT2D eigenvalue weighted by Crippen LogP contribution is 1.95. The molecular weight excluding hydrogens is 534 g/mol. The van der Waals surface area contributed by atoms with Crippen LogP contribution in [0.2, 0.25) is 0 Å². The van der Waals surface area contributed by atoms with E-state index in [1.54, 1.807) is 0 Å². The topological polar surface area (TPSA) is 116 Å². The molecule has 0 aliphatic carbocycles. The molecule has 3 saturated heterocycles. The fourth-order valence-corrected chi connectivity index (χ4v) is 4.17. The molecule has 0 saturated carbocycles. The number of nitrogens with zero attached hydrogens (tertiary/aromatic N) is 2. The third kappa shape index (κ3) is 24.6. The average molecular weight is 594 g/mol. The molecule has 0 spiro atoms. The Morgan fingerprint density at radius 3 is 0.854 bits per heavy atom. The summed E-state index contributed by atoms with van der Waals surface area (Å²) in [4.78, 5) is 4.79. The van der Waals surface area contributed by atoms with Crippen LogP contribution in [0, 0.1) is 0 Å². The highest BCUT2D eigenvalue weighted by atomic mass is 16.6. The molecular formula is C28H59N5O8. The second-order valence-electron chi connectivity index (χ2n) is 9.83. The zero-order valence-electron chi connectivity index (χ0n) is 25.5. The Kier molecular flexibility index (Phi) is 26.4. The Hall–Kier alpha value is -0.520. The maximum Gasteiger partial charge on any atom is 0.0701 e. The van der Waals surface area contributed by atoms with E-state index in [0.717, 1.165) is 118 Å². The van der Waals surface area contributed by atoms with Gasteiger partial charge in [-0.15, -0.1) is 0 Å². The molecule has 13 heteroatoms. The number of rotatable bonds is 0. The monoisotopic (exact) mass is 593 g/mol. The predicted octanol–water partition coefficient (Wildman–Crippen LogP) is -1.48. The lowest BCUT2D eigenvalue weighted by Crippen LogP contribution is -2.40. The van der Waals surface area contributed by atoms with Gasteiger partial charge in [0.15, 0.2) is 0 Å². The Labute approximate surface area is 248 Å². The molecule has 3 fully saturated rings. The van der Waals surface area contributed by atoms with Gasteiger partial charge < -0.3 is 53.8 Å². The van der Waals surface area contributed by atoms with Crippen molar-refractivity contribution >= 4 is 0 Å². The van der Waals surface area contributed by atoms with Gasteiger partial charge in [0.05, 0.1) is 106 Å². The molecule has 3 aliphatic heterocycles. The van der Waals surface area contributed by atoms with E-state index < -0.39 is 0 Å². The van der Waals surface area contributed by atoms with Crippen LogP contribution in [0.25, 0.3) is 0 Å². The van der Waals surface area contributed by atoms with Gasteiger partial charge in [-0.25, -0.2) is 0 Å². The number of hydrogen-bond acceptors (Lipinski definition) is 13. The molecule has 0 amide bonds. The first-order chi connectivity index (χ1) is 20.4. The Bertz CT molecular complexity index is 423. The molecule has 244 valence electrons. The fraction of sp³-hybridized carbons (Fsp3) is 1.00. The molecule has 3 aliphatic rings. The van der Waals surface area contributed by atoms with E-state index in [2.05, 4.69) is 25.8 Å². The van der Waals surface area contributed by atoms with Crippen LogP contribution in [0.3, 0.4) is 0 Å². The molecule has 0 aromatic heterocycles. The third-order valence-electron chi connectivity index (χ3n) is 6.60. The SMILES string of the molecule is C1CN2CCOCCOCCN(CCN1)CCOCCOCC2.C1CNCCOCCOCCOCCOCCN1. The summed E-state index contributed by atoms with van der Waals surface area (Å²) in [6.45, 7) is 22.4. The molecule has 0 radical (unpaired) electrons. The van der Waals surface area contributed by atoms with Crippen molar-refractivity contribution < 1.29 is 37.9 Å². The van der Waals surface area contributed by atoms with E-state index in [1.807, 2.05) is 0 Å². The highest BCUT2D eigenvalue weighted by Gasteiger charge is 2.09. The van der Waals surface area contributed by atoms with E-state index in [1.165, 1.54) is 0 Å². The quantitative estimate of drug-likeness (QED) is 0.284. The van der Waals surface area contributed by atoms with Gasteiger partial charge >= 0.3 is 0 Å². The van der Waals surface area contributed by atoms with Crippen LogP contribution in [0.15, 0.2) is 0 Å². The van der Waals surface area contributed by atoms with E-state index in [9.17, 15) is 0 Å². The minimum atomic E-state index is 0.614. The van der Waals surface area contributed by atoms with Gasteiger partial charge in [0.25, 0.3) is 0 Å². The van der Waals surface area contributed by atoms with Crippen LogP contribution >= 0.6 is 0 Å². The standard InChI is InChI=1S/C16H33N3O4.C12H26N2O4/c1-3-18-5-9-20-13-15-22-11-7-19(4-2-17-1)8-12-23-16-14-21-10-6-18;1-2-14-4-6-16-8-10-18-12-11-17-9-7-15-5-3-13-1/h17H,1-16H2;13-14H,1-12H2. The van der Waals surface area contributed by atoms with Gasteiger partial charge in [-0.3, -0.25) is 9.80 Å². The summed E-state index contributed by atoms with van der Waals surface area (Å²) in [6.07, 6.45) is 0.